The first-order valence-corrected chi connectivity index (χ1v) is 10.9. The second kappa shape index (κ2) is 11.9. The molecular formula is C24H36N2O5+2. The van der Waals surface area contributed by atoms with Gasteiger partial charge in [0.05, 0.1) is 34.5 Å². The molecule has 7 nitrogen and oxygen atoms in total. The Balaban J connectivity index is 1.39. The molecule has 1 aliphatic heterocycles. The van der Waals surface area contributed by atoms with Crippen LogP contribution in [0.5, 0.6) is 17.2 Å². The van der Waals surface area contributed by atoms with E-state index >= 15 is 0 Å². The number of aliphatic hydroxyl groups is 1. The van der Waals surface area contributed by atoms with Crippen LogP contribution in [0.25, 0.3) is 0 Å². The van der Waals surface area contributed by atoms with E-state index in [4.69, 9.17) is 18.9 Å². The average Bonchev–Trinajstić information content (AvgIpc) is 2.80. The van der Waals surface area contributed by atoms with Gasteiger partial charge < -0.3 is 33.9 Å². The molecule has 1 fully saturated rings. The molecule has 0 aromatic heterocycles. The molecule has 0 unspecified atom stereocenters. The lowest BCUT2D eigenvalue weighted by Gasteiger charge is -2.30. The van der Waals surface area contributed by atoms with Gasteiger partial charge in [0.2, 0.25) is 5.75 Å². The number of piperazine rings is 1. The van der Waals surface area contributed by atoms with Crippen LogP contribution in [0.1, 0.15) is 11.1 Å². The van der Waals surface area contributed by atoms with Crippen molar-refractivity contribution in [3.8, 4) is 17.2 Å². The van der Waals surface area contributed by atoms with Crippen molar-refractivity contribution in [1.82, 2.24) is 0 Å². The second-order valence-electron chi connectivity index (χ2n) is 8.07. The van der Waals surface area contributed by atoms with Gasteiger partial charge in [-0.15, -0.1) is 0 Å². The van der Waals surface area contributed by atoms with Gasteiger partial charge in [0.1, 0.15) is 45.4 Å². The maximum atomic E-state index is 10.4. The van der Waals surface area contributed by atoms with Gasteiger partial charge in [0.15, 0.2) is 11.5 Å². The number of benzene rings is 2. The van der Waals surface area contributed by atoms with Gasteiger partial charge in [-0.2, -0.15) is 0 Å². The number of aliphatic hydroxyl groups excluding tert-OH is 1. The van der Waals surface area contributed by atoms with Crippen molar-refractivity contribution in [2.75, 3.05) is 60.7 Å². The zero-order chi connectivity index (χ0) is 22.1. The summed E-state index contributed by atoms with van der Waals surface area (Å²) in [5, 5.41) is 10.4. The van der Waals surface area contributed by atoms with Crippen molar-refractivity contribution in [2.45, 2.75) is 19.3 Å². The summed E-state index contributed by atoms with van der Waals surface area (Å²) in [6, 6.07) is 14.4. The highest BCUT2D eigenvalue weighted by atomic mass is 16.5. The molecule has 1 aliphatic rings. The first-order chi connectivity index (χ1) is 15.1. The van der Waals surface area contributed by atoms with Crippen LogP contribution >= 0.6 is 0 Å². The van der Waals surface area contributed by atoms with Crippen LogP contribution in [0.2, 0.25) is 0 Å². The molecule has 7 heteroatoms. The van der Waals surface area contributed by atoms with Crippen LogP contribution in [0.4, 0.5) is 0 Å². The van der Waals surface area contributed by atoms with Crippen molar-refractivity contribution >= 4 is 0 Å². The molecule has 0 radical (unpaired) electrons. The van der Waals surface area contributed by atoms with Crippen molar-refractivity contribution < 1.29 is 33.9 Å². The topological polar surface area (TPSA) is 66.0 Å². The number of hydrogen-bond acceptors (Lipinski definition) is 5. The van der Waals surface area contributed by atoms with Gasteiger partial charge in [-0.1, -0.05) is 30.3 Å². The number of methoxy groups -OCH3 is 3. The molecule has 2 aromatic carbocycles. The Morgan fingerprint density at radius 3 is 2.03 bits per heavy atom. The van der Waals surface area contributed by atoms with E-state index in [0.717, 1.165) is 38.3 Å². The molecule has 2 aromatic rings. The summed E-state index contributed by atoms with van der Waals surface area (Å²) in [7, 11) is 4.77. The second-order valence-corrected chi connectivity index (χ2v) is 8.07. The van der Waals surface area contributed by atoms with Crippen LogP contribution in [0.15, 0.2) is 42.5 Å². The van der Waals surface area contributed by atoms with Crippen molar-refractivity contribution in [1.29, 1.82) is 0 Å². The predicted molar refractivity (Wildman–Crippen MR) is 118 cm³/mol. The minimum absolute atomic E-state index is 0.306. The fourth-order valence-electron chi connectivity index (χ4n) is 4.15. The summed E-state index contributed by atoms with van der Waals surface area (Å²) in [5.41, 5.74) is 2.30. The van der Waals surface area contributed by atoms with Gasteiger partial charge in [-0.05, 0) is 17.7 Å². The Hall–Kier alpha value is -2.32. The predicted octanol–water partition coefficient (Wildman–Crippen LogP) is -0.426. The SMILES string of the molecule is COc1cc(COC[C@@H](O)C[NH+]2CC[NH+](Cc3ccccc3)CC2)cc(OC)c1OC. The van der Waals surface area contributed by atoms with Crippen molar-refractivity contribution in [3.63, 3.8) is 0 Å². The van der Waals surface area contributed by atoms with E-state index in [9.17, 15) is 5.11 Å². The third-order valence-corrected chi connectivity index (χ3v) is 5.79. The van der Waals surface area contributed by atoms with Gasteiger partial charge in [-0.25, -0.2) is 0 Å². The van der Waals surface area contributed by atoms with Gasteiger partial charge in [-0.3, -0.25) is 0 Å². The molecule has 170 valence electrons. The molecular weight excluding hydrogens is 396 g/mol. The van der Waals surface area contributed by atoms with Crippen LogP contribution in [0.3, 0.4) is 0 Å². The zero-order valence-corrected chi connectivity index (χ0v) is 18.9. The Bertz CT molecular complexity index is 769. The molecule has 0 aliphatic carbocycles. The standard InChI is InChI=1S/C24H34N2O5/c1-28-22-13-20(14-23(29-2)24(22)30-3)17-31-18-21(27)16-26-11-9-25(10-12-26)15-19-7-5-4-6-8-19/h4-8,13-14,21,27H,9-12,15-18H2,1-3H3/p+2/t21-/m0/s1. The van der Waals surface area contributed by atoms with E-state index < -0.39 is 6.10 Å². The van der Waals surface area contributed by atoms with Crippen LogP contribution in [0, 0.1) is 0 Å². The molecule has 0 saturated carbocycles. The van der Waals surface area contributed by atoms with Gasteiger partial charge in [0.25, 0.3) is 0 Å². The number of quaternary nitrogens is 2. The summed E-state index contributed by atoms with van der Waals surface area (Å²) in [5.74, 6) is 1.76. The molecule has 1 heterocycles. The summed E-state index contributed by atoms with van der Waals surface area (Å²) in [6.07, 6.45) is -0.479. The third kappa shape index (κ3) is 6.83. The average molecular weight is 433 g/mol. The highest BCUT2D eigenvalue weighted by molar-refractivity contribution is 5.53. The van der Waals surface area contributed by atoms with E-state index in [2.05, 4.69) is 30.3 Å². The lowest BCUT2D eigenvalue weighted by molar-refractivity contribution is -1.02. The van der Waals surface area contributed by atoms with E-state index in [1.165, 1.54) is 10.5 Å². The maximum Gasteiger partial charge on any atom is 0.203 e. The van der Waals surface area contributed by atoms with E-state index in [1.807, 2.05) is 12.1 Å². The van der Waals surface area contributed by atoms with Crippen LogP contribution in [-0.2, 0) is 17.9 Å². The molecule has 0 amide bonds. The largest absolute Gasteiger partial charge is 0.493 e. The molecule has 3 N–H and O–H groups in total. The minimum Gasteiger partial charge on any atom is -0.493 e. The fraction of sp³-hybridized carbons (Fsp3) is 0.500. The quantitative estimate of drug-likeness (QED) is 0.450. The molecule has 0 spiro atoms. The first-order valence-electron chi connectivity index (χ1n) is 10.9. The van der Waals surface area contributed by atoms with Gasteiger partial charge >= 0.3 is 0 Å². The Kier molecular flexibility index (Phi) is 8.97. The maximum absolute atomic E-state index is 10.4. The highest BCUT2D eigenvalue weighted by Gasteiger charge is 2.25. The van der Waals surface area contributed by atoms with E-state index in [0.29, 0.717) is 37.0 Å². The number of ether oxygens (including phenoxy) is 4. The Morgan fingerprint density at radius 2 is 1.45 bits per heavy atom. The van der Waals surface area contributed by atoms with Gasteiger partial charge in [0, 0.05) is 5.56 Å². The summed E-state index contributed by atoms with van der Waals surface area (Å²) < 4.78 is 21.9. The Morgan fingerprint density at radius 1 is 0.839 bits per heavy atom. The van der Waals surface area contributed by atoms with E-state index in [-0.39, 0.29) is 0 Å². The molecule has 1 atom stereocenters. The lowest BCUT2D eigenvalue weighted by Crippen LogP contribution is -3.28. The number of rotatable bonds is 11. The molecule has 0 bridgehead atoms. The summed E-state index contributed by atoms with van der Waals surface area (Å²) in [6.45, 7) is 6.88. The zero-order valence-electron chi connectivity index (χ0n) is 18.9. The molecule has 31 heavy (non-hydrogen) atoms. The van der Waals surface area contributed by atoms with Crippen LogP contribution in [-0.4, -0.2) is 71.9 Å². The van der Waals surface area contributed by atoms with Crippen molar-refractivity contribution in [3.05, 3.63) is 53.6 Å². The summed E-state index contributed by atoms with van der Waals surface area (Å²) in [4.78, 5) is 3.06. The smallest absolute Gasteiger partial charge is 0.203 e. The third-order valence-electron chi connectivity index (χ3n) is 5.79. The molecule has 3 rings (SSSR count). The van der Waals surface area contributed by atoms with Crippen molar-refractivity contribution in [2.24, 2.45) is 0 Å². The molecule has 1 saturated heterocycles. The van der Waals surface area contributed by atoms with E-state index in [1.54, 1.807) is 26.2 Å². The first kappa shape index (κ1) is 23.3. The Labute approximate surface area is 185 Å². The number of hydrogen-bond donors (Lipinski definition) is 3. The normalized spacial score (nSPS) is 19.6. The highest BCUT2D eigenvalue weighted by Crippen LogP contribution is 2.38. The minimum atomic E-state index is -0.479. The summed E-state index contributed by atoms with van der Waals surface area (Å²) >= 11 is 0. The fourth-order valence-corrected chi connectivity index (χ4v) is 4.15. The van der Waals surface area contributed by atoms with Crippen LogP contribution < -0.4 is 24.0 Å². The lowest BCUT2D eigenvalue weighted by atomic mass is 10.2. The monoisotopic (exact) mass is 432 g/mol. The number of nitrogens with one attached hydrogen (secondary N) is 2.